The number of nitrogens with two attached hydrogens (primary N) is 2. The zero-order chi connectivity index (χ0) is 76.1. The molecule has 4 atom stereocenters. The second kappa shape index (κ2) is 42.3. The molecule has 6 N–H and O–H groups in total. The Morgan fingerprint density at radius 3 is 1.45 bits per heavy atom. The number of rotatable bonds is 14. The summed E-state index contributed by atoms with van der Waals surface area (Å²) in [5.41, 5.74) is 16.9. The van der Waals surface area contributed by atoms with Crippen LogP contribution in [0.1, 0.15) is 79.7 Å². The van der Waals surface area contributed by atoms with Gasteiger partial charge in [0.2, 0.25) is 11.5 Å². The van der Waals surface area contributed by atoms with E-state index in [1.807, 2.05) is 164 Å². The zero-order valence-electron chi connectivity index (χ0n) is 59.7. The predicted molar refractivity (Wildman–Crippen MR) is 409 cm³/mol. The van der Waals surface area contributed by atoms with Gasteiger partial charge in [-0.25, -0.2) is 18.0 Å². The van der Waals surface area contributed by atoms with Gasteiger partial charge in [-0.3, -0.25) is 19.1 Å². The minimum absolute atomic E-state index is 0. The molecule has 12 rings (SSSR count). The number of fused-ring (bicyclic) bond motifs is 1. The first-order chi connectivity index (χ1) is 49.5. The van der Waals surface area contributed by atoms with E-state index in [0.29, 0.717) is 96.4 Å². The molecule has 9 aromatic rings. The van der Waals surface area contributed by atoms with Crippen molar-refractivity contribution in [2.24, 2.45) is 0 Å². The molecule has 0 spiro atoms. The first-order valence-corrected chi connectivity index (χ1v) is 33.8. The molecule has 25 heteroatoms. The number of ketones is 1. The van der Waals surface area contributed by atoms with Gasteiger partial charge in [-0.05, 0) is 157 Å². The molecule has 0 radical (unpaired) electrons. The molecule has 105 heavy (non-hydrogen) atoms. The minimum Gasteiger partial charge on any atom is -0.850 e. The van der Waals surface area contributed by atoms with Crippen molar-refractivity contribution in [1.82, 2.24) is 4.57 Å². The van der Waals surface area contributed by atoms with Crippen molar-refractivity contribution in [3.05, 3.63) is 283 Å². The molecule has 4 unspecified atom stereocenters. The number of hydrogen-bond donors (Lipinski definition) is 4. The Morgan fingerprint density at radius 1 is 0.619 bits per heavy atom. The van der Waals surface area contributed by atoms with E-state index in [2.05, 4.69) is 24.7 Å². The Labute approximate surface area is 656 Å². The third-order valence-corrected chi connectivity index (χ3v) is 15.2. The normalized spacial score (nSPS) is 15.0. The fraction of sp³-hybridized carbons (Fsp3) is 0.250. The van der Waals surface area contributed by atoms with Crippen LogP contribution in [0, 0.1) is 37.6 Å². The maximum absolute atomic E-state index is 10.7. The maximum atomic E-state index is 10.7. The number of hydrogen-bond acceptors (Lipinski definition) is 15. The van der Waals surface area contributed by atoms with Gasteiger partial charge in [0.25, 0.3) is 12.5 Å². The second-order valence-corrected chi connectivity index (χ2v) is 26.3. The quantitative estimate of drug-likeness (QED) is 0.0343. The molecule has 0 bridgehead atoms. The van der Waals surface area contributed by atoms with Crippen LogP contribution in [-0.2, 0) is 25.6 Å². The van der Waals surface area contributed by atoms with E-state index in [1.54, 1.807) is 108 Å². The smallest absolute Gasteiger partial charge is 0.850 e. The van der Waals surface area contributed by atoms with Crippen LogP contribution in [0.4, 0.5) is 28.6 Å². The monoisotopic (exact) mass is 1500 g/mol. The Kier molecular flexibility index (Phi) is 34.6. The number of halogens is 4. The van der Waals surface area contributed by atoms with E-state index < -0.39 is 17.2 Å². The van der Waals surface area contributed by atoms with E-state index in [0.717, 1.165) is 39.8 Å². The summed E-state index contributed by atoms with van der Waals surface area (Å²) in [4.78, 5) is 26.2. The number of nitrogens with one attached hydrogen (secondary N) is 1. The molecule has 1 saturated heterocycles. The van der Waals surface area contributed by atoms with Crippen molar-refractivity contribution in [2.75, 3.05) is 48.1 Å². The van der Waals surface area contributed by atoms with Crippen molar-refractivity contribution in [3.63, 3.8) is 0 Å². The summed E-state index contributed by atoms with van der Waals surface area (Å²) in [6, 6.07) is 60.4. The van der Waals surface area contributed by atoms with Crippen LogP contribution in [-0.4, -0.2) is 71.3 Å². The molecule has 0 aliphatic carbocycles. The number of carbonyl (C=O) groups excluding carboxylic acids is 1. The van der Waals surface area contributed by atoms with E-state index >= 15 is 0 Å². The molecule has 538 valence electrons. The fourth-order valence-electron chi connectivity index (χ4n) is 9.45. The molecule has 8 aromatic carbocycles. The third kappa shape index (κ3) is 27.7. The van der Waals surface area contributed by atoms with Crippen LogP contribution in [0.5, 0.6) is 46.0 Å². The van der Waals surface area contributed by atoms with Gasteiger partial charge in [0.1, 0.15) is 83.2 Å². The number of carbonyl (C=O) groups is 1. The van der Waals surface area contributed by atoms with Gasteiger partial charge in [0.15, 0.2) is 0 Å². The van der Waals surface area contributed by atoms with E-state index in [-0.39, 0.29) is 73.5 Å². The van der Waals surface area contributed by atoms with Crippen molar-refractivity contribution in [2.45, 2.75) is 104 Å². The van der Waals surface area contributed by atoms with Gasteiger partial charge >= 0.3 is 35.6 Å². The molecular formula is C80H79Cl4N10NaO10. The fourth-order valence-corrected chi connectivity index (χ4v) is 10.3. The molecule has 4 heterocycles. The van der Waals surface area contributed by atoms with Crippen LogP contribution < -0.4 is 75.3 Å². The van der Waals surface area contributed by atoms with Crippen LogP contribution in [0.3, 0.4) is 0 Å². The molecule has 0 amide bonds. The number of benzene rings is 8. The van der Waals surface area contributed by atoms with E-state index in [4.69, 9.17) is 128 Å². The molecule has 1 fully saturated rings. The van der Waals surface area contributed by atoms with E-state index in [9.17, 15) is 9.90 Å². The Bertz CT molecular complexity index is 4540. The first kappa shape index (κ1) is 85.9. The summed E-state index contributed by atoms with van der Waals surface area (Å²) < 4.78 is 40.8. The van der Waals surface area contributed by atoms with Crippen molar-refractivity contribution >= 4 is 80.8 Å². The first-order valence-electron chi connectivity index (χ1n) is 32.3. The summed E-state index contributed by atoms with van der Waals surface area (Å²) in [5.74, 6) is 5.46. The Morgan fingerprint density at radius 2 is 1.06 bits per heavy atom. The van der Waals surface area contributed by atoms with Crippen molar-refractivity contribution in [1.29, 1.82) is 5.26 Å². The summed E-state index contributed by atoms with van der Waals surface area (Å²) in [5, 5.41) is 31.9. The van der Waals surface area contributed by atoms with Gasteiger partial charge in [-0.2, -0.15) is 5.26 Å². The molecule has 3 aliphatic heterocycles. The number of nitrogens with zero attached hydrogens (tertiary/aromatic N) is 7. The van der Waals surface area contributed by atoms with Gasteiger partial charge in [0, 0.05) is 28.7 Å². The summed E-state index contributed by atoms with van der Waals surface area (Å²) in [7, 11) is 0. The SMILES string of the molecule is CC(C)(C)O.CC(C)(C)[O-].N#CCNc1ccc(Oc2ccccc2)c(Cl)c1.Nc1ccc(Oc2ccccc2)c(Cl)c1.[C-]#[N+]C1C(=O)COC1C.[C-]#[N+]CN(C1=C([N+]#[C-])C(C)OC1)c1ccc(Oc2ccccc2)c(Cl)c1.[C-]#[N+]c1c(N)c2c(n1-c1ccc(Oc3ccccc3)c(Cl)c1)COC2C.[Na+]. The number of ether oxygens (including phenoxy) is 7. The predicted octanol–water partition coefficient (Wildman–Crippen LogP) is 17.0. The number of Topliss-reactive ketones (excluding diaryl/α,β-unsaturated/α-hetero) is 1. The maximum Gasteiger partial charge on any atom is 1.00 e. The number of aliphatic hydroxyl groups is 1. The van der Waals surface area contributed by atoms with Crippen LogP contribution in [0.25, 0.3) is 25.1 Å². The minimum atomic E-state index is -0.750. The molecule has 1 aromatic heterocycles. The molecule has 20 nitrogen and oxygen atoms in total. The topological polar surface area (TPSA) is 238 Å². The number of nitrogen functional groups attached to an aromatic ring is 2. The standard InChI is InChI=1S/2C20H16ClN3O2.C14H11ClN2O.C12H10ClNO.C6H7NO2.C4H10O.C4H9O.Na/c1-12-18-16(11-25-12)24(20(23-2)19(18)22)13-8-9-17(15(21)10-13)26-14-6-4-3-5-7-14;1-14-20(23-3)18(12-25-14)24(13-22-2)15-9-10-19(17(21)11-15)26-16-7-5-4-6-8-16;15-13-10-11(17-9-8-16)6-7-14(13)18-12-4-2-1-3-5-12;13-11-8-9(14)6-7-12(11)15-10-4-2-1-3-5-10;1-4-6(7-2)5(8)3-9-4;2*1-4(2,3)5;/h3-10,12H,11,22H2,1H3;4-11,14H,12-13H2,1H3;1-7,10,17H,9H2;1-8H,14H2;4,6H,3H2,1H3;5H,1-3H3;1-3H3;/q;;;;;;-1;+1. The van der Waals surface area contributed by atoms with Crippen LogP contribution in [0.15, 0.2) is 206 Å². The van der Waals surface area contributed by atoms with Crippen molar-refractivity contribution < 1.29 is 77.7 Å². The number of para-hydroxylation sites is 4. The number of nitriles is 1. The van der Waals surface area contributed by atoms with Crippen molar-refractivity contribution in [3.8, 4) is 57.8 Å². The second-order valence-electron chi connectivity index (χ2n) is 24.7. The van der Waals surface area contributed by atoms with E-state index in [1.165, 1.54) is 0 Å². The average Bonchev–Trinajstić information content (AvgIpc) is 1.59. The van der Waals surface area contributed by atoms with Gasteiger partial charge < -0.3 is 69.8 Å². The van der Waals surface area contributed by atoms with Gasteiger partial charge in [-0.1, -0.05) is 147 Å². The summed E-state index contributed by atoms with van der Waals surface area (Å²) >= 11 is 24.9. The zero-order valence-corrected chi connectivity index (χ0v) is 64.8. The molecule has 0 saturated carbocycles. The van der Waals surface area contributed by atoms with Crippen LogP contribution >= 0.6 is 46.4 Å². The molecule has 3 aliphatic rings. The number of aromatic nitrogens is 1. The third-order valence-electron chi connectivity index (χ3n) is 14.1. The summed E-state index contributed by atoms with van der Waals surface area (Å²) in [6.07, 6.45) is -0.593. The summed E-state index contributed by atoms with van der Waals surface area (Å²) in [6.45, 7) is 45.5. The largest absolute Gasteiger partial charge is 1.00 e. The Balaban J connectivity index is 0.000000235. The van der Waals surface area contributed by atoms with Gasteiger partial charge in [-0.15, -0.1) is 5.60 Å². The van der Waals surface area contributed by atoms with Crippen LogP contribution in [0.2, 0.25) is 20.1 Å². The number of anilines is 4. The molecular weight excluding hydrogens is 1430 g/mol. The Hall–Kier alpha value is -9.74. The van der Waals surface area contributed by atoms with Gasteiger partial charge in [0.05, 0.1) is 68.5 Å². The average molecular weight is 1510 g/mol.